The zero-order valence-corrected chi connectivity index (χ0v) is 20.4. The molecule has 36 heavy (non-hydrogen) atoms. The Labute approximate surface area is 210 Å². The highest BCUT2D eigenvalue weighted by atomic mass is 16.2. The van der Waals surface area contributed by atoms with Crippen LogP contribution in [0.3, 0.4) is 0 Å². The summed E-state index contributed by atoms with van der Waals surface area (Å²) in [7, 11) is 2.06. The largest absolute Gasteiger partial charge is 0.356 e. The van der Waals surface area contributed by atoms with Crippen LogP contribution >= 0.6 is 0 Å². The van der Waals surface area contributed by atoms with Gasteiger partial charge in [0.05, 0.1) is 16.9 Å². The zero-order chi connectivity index (χ0) is 24.6. The van der Waals surface area contributed by atoms with Crippen molar-refractivity contribution in [2.75, 3.05) is 25.0 Å². The van der Waals surface area contributed by atoms with E-state index in [1.807, 2.05) is 53.4 Å². The van der Waals surface area contributed by atoms with Crippen LogP contribution in [0.5, 0.6) is 0 Å². The lowest BCUT2D eigenvalue weighted by atomic mass is 9.96. The summed E-state index contributed by atoms with van der Waals surface area (Å²) >= 11 is 0. The van der Waals surface area contributed by atoms with Crippen molar-refractivity contribution in [3.8, 4) is 0 Å². The monoisotopic (exact) mass is 479 g/mol. The van der Waals surface area contributed by atoms with Gasteiger partial charge in [0.15, 0.2) is 0 Å². The van der Waals surface area contributed by atoms with Gasteiger partial charge in [-0.25, -0.2) is 0 Å². The summed E-state index contributed by atoms with van der Waals surface area (Å²) in [5.41, 5.74) is 6.17. The molecule has 0 saturated heterocycles. The van der Waals surface area contributed by atoms with Crippen LogP contribution in [0.2, 0.25) is 0 Å². The van der Waals surface area contributed by atoms with Gasteiger partial charge in [0, 0.05) is 62.3 Å². The van der Waals surface area contributed by atoms with E-state index in [0.717, 1.165) is 34.6 Å². The molecule has 2 amide bonds. The molecule has 4 heterocycles. The average Bonchev–Trinajstić information content (AvgIpc) is 3.24. The molecule has 7 heteroatoms. The number of hydrogen-bond donors (Lipinski definition) is 1. The second-order valence-corrected chi connectivity index (χ2v) is 9.45. The summed E-state index contributed by atoms with van der Waals surface area (Å²) in [5, 5.41) is 4.25. The molecule has 2 aromatic carbocycles. The van der Waals surface area contributed by atoms with E-state index in [1.54, 1.807) is 6.20 Å². The normalized spacial score (nSPS) is 16.5. The number of anilines is 1. The van der Waals surface area contributed by atoms with Gasteiger partial charge in [-0.05, 0) is 42.3 Å². The zero-order valence-electron chi connectivity index (χ0n) is 20.4. The Hall–Kier alpha value is -4.13. The Bertz CT molecular complexity index is 1440. The fraction of sp³-hybridized carbons (Fsp3) is 0.276. The number of pyridine rings is 1. The van der Waals surface area contributed by atoms with E-state index in [9.17, 15) is 9.59 Å². The molecule has 0 radical (unpaired) electrons. The molecular formula is C29H29N5O2. The lowest BCUT2D eigenvalue weighted by molar-refractivity contribution is -0.121. The molecule has 0 spiro atoms. The van der Waals surface area contributed by atoms with Gasteiger partial charge in [0.1, 0.15) is 6.17 Å². The summed E-state index contributed by atoms with van der Waals surface area (Å²) in [4.78, 5) is 34.7. The summed E-state index contributed by atoms with van der Waals surface area (Å²) in [6, 6.07) is 22.0. The third-order valence-corrected chi connectivity index (χ3v) is 7.40. The fourth-order valence-corrected chi connectivity index (χ4v) is 5.73. The van der Waals surface area contributed by atoms with Crippen LogP contribution in [0.15, 0.2) is 72.9 Å². The number of amides is 2. The van der Waals surface area contributed by atoms with E-state index in [1.165, 1.54) is 10.9 Å². The Kier molecular flexibility index (Phi) is 5.68. The lowest BCUT2D eigenvalue weighted by Gasteiger charge is -2.46. The molecule has 2 aliphatic rings. The van der Waals surface area contributed by atoms with Crippen LogP contribution in [0.4, 0.5) is 5.69 Å². The number of benzene rings is 2. The van der Waals surface area contributed by atoms with Crippen molar-refractivity contribution in [1.29, 1.82) is 0 Å². The number of aryl methyl sites for hydroxylation is 1. The average molecular weight is 480 g/mol. The third-order valence-electron chi connectivity index (χ3n) is 7.40. The molecule has 0 aliphatic carbocycles. The topological polar surface area (TPSA) is 70.5 Å². The third kappa shape index (κ3) is 3.71. The number of rotatable bonds is 6. The maximum absolute atomic E-state index is 13.5. The maximum atomic E-state index is 13.5. The molecule has 2 aromatic heterocycles. The van der Waals surface area contributed by atoms with E-state index < -0.39 is 0 Å². The molecule has 7 nitrogen and oxygen atoms in total. The quantitative estimate of drug-likeness (QED) is 0.455. The highest BCUT2D eigenvalue weighted by Crippen LogP contribution is 2.44. The number of para-hydroxylation sites is 2. The first-order valence-corrected chi connectivity index (χ1v) is 12.5. The lowest BCUT2D eigenvalue weighted by Crippen LogP contribution is -2.51. The number of nitrogens with one attached hydrogen (secondary N) is 1. The maximum Gasteiger partial charge on any atom is 0.257 e. The molecule has 182 valence electrons. The Morgan fingerprint density at radius 3 is 2.72 bits per heavy atom. The van der Waals surface area contributed by atoms with Crippen LogP contribution in [0.1, 0.15) is 39.9 Å². The number of carbonyl (C=O) groups is 2. The predicted molar refractivity (Wildman–Crippen MR) is 140 cm³/mol. The number of carbonyl (C=O) groups excluding carboxylic acids is 2. The SMILES string of the molecule is CN1c2ccccc2C(=O)N2CCc3c(n(CCC(=O)NCCc4ccccn4)c4ccccc34)C21. The van der Waals surface area contributed by atoms with Crippen LogP contribution in [0, 0.1) is 0 Å². The van der Waals surface area contributed by atoms with Crippen molar-refractivity contribution >= 4 is 28.4 Å². The Balaban J connectivity index is 1.29. The van der Waals surface area contributed by atoms with Gasteiger partial charge in [-0.3, -0.25) is 14.6 Å². The number of nitrogens with zero attached hydrogens (tertiary/aromatic N) is 4. The minimum Gasteiger partial charge on any atom is -0.356 e. The van der Waals surface area contributed by atoms with E-state index in [4.69, 9.17) is 0 Å². The Morgan fingerprint density at radius 1 is 1.06 bits per heavy atom. The van der Waals surface area contributed by atoms with Crippen molar-refractivity contribution in [1.82, 2.24) is 19.8 Å². The molecule has 6 rings (SSSR count). The first-order chi connectivity index (χ1) is 17.6. The van der Waals surface area contributed by atoms with Crippen molar-refractivity contribution in [3.05, 3.63) is 95.4 Å². The van der Waals surface area contributed by atoms with Gasteiger partial charge in [0.25, 0.3) is 5.91 Å². The van der Waals surface area contributed by atoms with E-state index in [0.29, 0.717) is 32.5 Å². The van der Waals surface area contributed by atoms with Crippen LogP contribution in [-0.2, 0) is 24.2 Å². The number of hydrogen-bond acceptors (Lipinski definition) is 4. The van der Waals surface area contributed by atoms with Crippen LogP contribution in [0.25, 0.3) is 10.9 Å². The highest BCUT2D eigenvalue weighted by Gasteiger charge is 2.42. The van der Waals surface area contributed by atoms with E-state index in [2.05, 4.69) is 45.0 Å². The second kappa shape index (κ2) is 9.15. The molecule has 1 atom stereocenters. The molecule has 4 aromatic rings. The van der Waals surface area contributed by atoms with E-state index in [-0.39, 0.29) is 18.0 Å². The van der Waals surface area contributed by atoms with Crippen LogP contribution < -0.4 is 10.2 Å². The fourth-order valence-electron chi connectivity index (χ4n) is 5.73. The van der Waals surface area contributed by atoms with Gasteiger partial charge in [0.2, 0.25) is 5.91 Å². The van der Waals surface area contributed by atoms with Gasteiger partial charge in [-0.2, -0.15) is 0 Å². The molecule has 1 unspecified atom stereocenters. The molecular weight excluding hydrogens is 450 g/mol. The number of fused-ring (bicyclic) bond motifs is 6. The smallest absolute Gasteiger partial charge is 0.257 e. The standard InChI is InChI=1S/C29H29N5O2/c1-32-24-11-4-3-10-23(24)29(36)34-18-14-22-21-9-2-5-12-25(21)33(27(22)28(32)34)19-15-26(35)31-17-13-20-8-6-7-16-30-20/h2-12,16,28H,13-15,17-19H2,1H3,(H,31,35). The Morgan fingerprint density at radius 2 is 1.86 bits per heavy atom. The van der Waals surface area contributed by atoms with Crippen molar-refractivity contribution in [2.45, 2.75) is 32.0 Å². The number of aromatic nitrogens is 2. The summed E-state index contributed by atoms with van der Waals surface area (Å²) in [6.07, 6.45) is 3.45. The first-order valence-electron chi connectivity index (χ1n) is 12.5. The predicted octanol–water partition coefficient (Wildman–Crippen LogP) is 3.93. The summed E-state index contributed by atoms with van der Waals surface area (Å²) < 4.78 is 2.26. The molecule has 2 aliphatic heterocycles. The molecule has 0 bridgehead atoms. The minimum atomic E-state index is -0.198. The second-order valence-electron chi connectivity index (χ2n) is 9.45. The molecule has 0 fully saturated rings. The van der Waals surface area contributed by atoms with Crippen molar-refractivity contribution in [2.24, 2.45) is 0 Å². The van der Waals surface area contributed by atoms with Crippen LogP contribution in [-0.4, -0.2) is 46.4 Å². The molecule has 0 saturated carbocycles. The minimum absolute atomic E-state index is 0.0172. The van der Waals surface area contributed by atoms with Crippen molar-refractivity contribution < 1.29 is 9.59 Å². The first kappa shape index (κ1) is 22.3. The highest BCUT2D eigenvalue weighted by molar-refractivity contribution is 6.02. The molecule has 1 N–H and O–H groups in total. The van der Waals surface area contributed by atoms with Gasteiger partial charge in [-0.1, -0.05) is 36.4 Å². The summed E-state index contributed by atoms with van der Waals surface area (Å²) in [5.74, 6) is 0.0898. The van der Waals surface area contributed by atoms with Gasteiger partial charge < -0.3 is 19.7 Å². The summed E-state index contributed by atoms with van der Waals surface area (Å²) in [6.45, 7) is 1.79. The van der Waals surface area contributed by atoms with E-state index >= 15 is 0 Å². The van der Waals surface area contributed by atoms with Crippen molar-refractivity contribution in [3.63, 3.8) is 0 Å². The van der Waals surface area contributed by atoms with Gasteiger partial charge >= 0.3 is 0 Å². The van der Waals surface area contributed by atoms with Gasteiger partial charge in [-0.15, -0.1) is 0 Å².